The lowest BCUT2D eigenvalue weighted by Gasteiger charge is -2.44. The van der Waals surface area contributed by atoms with Crippen LogP contribution in [0.2, 0.25) is 0 Å². The van der Waals surface area contributed by atoms with Gasteiger partial charge in [0.1, 0.15) is 23.6 Å². The summed E-state index contributed by atoms with van der Waals surface area (Å²) in [5.74, 6) is -0.352. The zero-order chi connectivity index (χ0) is 23.9. The number of alkyl halides is 1. The van der Waals surface area contributed by atoms with Crippen LogP contribution in [0.4, 0.5) is 14.6 Å². The second kappa shape index (κ2) is 8.37. The van der Waals surface area contributed by atoms with Gasteiger partial charge in [0.25, 0.3) is 0 Å². The molecule has 0 unspecified atom stereocenters. The highest BCUT2D eigenvalue weighted by atomic mass is 32.2. The number of halogens is 2. The minimum absolute atomic E-state index is 0.186. The van der Waals surface area contributed by atoms with Gasteiger partial charge in [0.2, 0.25) is 10.0 Å². The maximum atomic E-state index is 14.3. The summed E-state index contributed by atoms with van der Waals surface area (Å²) in [5.41, 5.74) is 1.79. The number of aromatic nitrogens is 5. The van der Waals surface area contributed by atoms with Crippen molar-refractivity contribution in [1.29, 1.82) is 0 Å². The Hall–Kier alpha value is -3.51. The van der Waals surface area contributed by atoms with Crippen LogP contribution in [0.3, 0.4) is 0 Å². The van der Waals surface area contributed by atoms with Crippen molar-refractivity contribution >= 4 is 26.7 Å². The van der Waals surface area contributed by atoms with Crippen LogP contribution in [-0.2, 0) is 21.2 Å². The Morgan fingerprint density at radius 1 is 1.18 bits per heavy atom. The molecule has 0 amide bonds. The van der Waals surface area contributed by atoms with E-state index in [1.807, 2.05) is 0 Å². The fourth-order valence-corrected chi connectivity index (χ4v) is 4.98. The van der Waals surface area contributed by atoms with Crippen LogP contribution in [0.5, 0.6) is 0 Å². The molecule has 0 radical (unpaired) electrons. The van der Waals surface area contributed by atoms with Crippen LogP contribution in [0.1, 0.15) is 24.2 Å². The molecule has 0 bridgehead atoms. The zero-order valence-electron chi connectivity index (χ0n) is 17.9. The summed E-state index contributed by atoms with van der Waals surface area (Å²) in [6.07, 6.45) is 0.885. The minimum Gasteiger partial charge on any atom is -0.368 e. The summed E-state index contributed by atoms with van der Waals surface area (Å²) in [6.45, 7) is 0.271. The molecule has 5 rings (SSSR count). The highest BCUT2D eigenvalue weighted by Gasteiger charge is 2.48. The van der Waals surface area contributed by atoms with Crippen molar-refractivity contribution in [3.63, 3.8) is 0 Å². The number of rotatable bonds is 7. The average Bonchev–Trinajstić information content (AvgIpc) is 3.17. The maximum Gasteiger partial charge on any atom is 0.214 e. The summed E-state index contributed by atoms with van der Waals surface area (Å²) in [7, 11) is -3.72. The predicted octanol–water partition coefficient (Wildman–Crippen LogP) is 2.82. The quantitative estimate of drug-likeness (QED) is 0.366. The standard InChI is InChI=1S/C22H21F2N7O2S/c23-14-9-22(10-14,21-16(24)2-1-7-26-21)12-27-20-6-5-17(28-31-20)13-3-4-18-15(8-13)19(30-29-18)11-34(25,32)33/h1-8,14H,9-12H2,(H,27,31)(H,29,30)(H2,25,32,33). The number of nitrogens with zero attached hydrogens (tertiary/aromatic N) is 4. The third kappa shape index (κ3) is 4.33. The van der Waals surface area contributed by atoms with Crippen molar-refractivity contribution in [2.45, 2.75) is 30.2 Å². The van der Waals surface area contributed by atoms with Crippen LogP contribution in [0.25, 0.3) is 22.2 Å². The molecule has 0 spiro atoms. The Bertz CT molecular complexity index is 1450. The lowest BCUT2D eigenvalue weighted by Crippen LogP contribution is -2.49. The molecule has 0 aliphatic heterocycles. The van der Waals surface area contributed by atoms with Gasteiger partial charge in [0, 0.05) is 29.1 Å². The van der Waals surface area contributed by atoms with E-state index in [2.05, 4.69) is 30.7 Å². The van der Waals surface area contributed by atoms with Gasteiger partial charge < -0.3 is 5.32 Å². The SMILES string of the molecule is NS(=O)(=O)Cc1[nH]nc2ccc(-c3ccc(NCC4(c5ncccc5F)CC(F)C4)nn3)cc12. The van der Waals surface area contributed by atoms with Crippen molar-refractivity contribution in [1.82, 2.24) is 25.4 Å². The molecule has 1 aliphatic rings. The number of benzene rings is 1. The van der Waals surface area contributed by atoms with E-state index in [1.165, 1.54) is 18.3 Å². The van der Waals surface area contributed by atoms with E-state index in [0.717, 1.165) is 5.56 Å². The number of primary sulfonamides is 1. The van der Waals surface area contributed by atoms with Gasteiger partial charge in [0.15, 0.2) is 0 Å². The number of nitrogens with two attached hydrogens (primary N) is 1. The monoisotopic (exact) mass is 485 g/mol. The highest BCUT2D eigenvalue weighted by molar-refractivity contribution is 7.88. The van der Waals surface area contributed by atoms with Crippen LogP contribution in [0.15, 0.2) is 48.7 Å². The Morgan fingerprint density at radius 2 is 2.00 bits per heavy atom. The number of aromatic amines is 1. The van der Waals surface area contributed by atoms with Crippen molar-refractivity contribution < 1.29 is 17.2 Å². The molecule has 1 aromatic carbocycles. The van der Waals surface area contributed by atoms with Crippen LogP contribution in [-0.4, -0.2) is 46.5 Å². The molecule has 3 aromatic heterocycles. The highest BCUT2D eigenvalue weighted by Crippen LogP contribution is 2.45. The van der Waals surface area contributed by atoms with E-state index < -0.39 is 27.4 Å². The first-order valence-corrected chi connectivity index (χ1v) is 12.2. The minimum atomic E-state index is -3.72. The number of hydrogen-bond acceptors (Lipinski definition) is 7. The first kappa shape index (κ1) is 22.3. The van der Waals surface area contributed by atoms with Crippen molar-refractivity contribution in [2.75, 3.05) is 11.9 Å². The number of hydrogen-bond donors (Lipinski definition) is 3. The molecule has 1 saturated carbocycles. The van der Waals surface area contributed by atoms with E-state index in [0.29, 0.717) is 28.1 Å². The first-order valence-electron chi connectivity index (χ1n) is 10.5. The molecule has 9 nitrogen and oxygen atoms in total. The predicted molar refractivity (Wildman–Crippen MR) is 122 cm³/mol. The summed E-state index contributed by atoms with van der Waals surface area (Å²) >= 11 is 0. The van der Waals surface area contributed by atoms with E-state index in [9.17, 15) is 17.2 Å². The Morgan fingerprint density at radius 3 is 2.68 bits per heavy atom. The smallest absolute Gasteiger partial charge is 0.214 e. The summed E-state index contributed by atoms with van der Waals surface area (Å²) in [6, 6.07) is 11.6. The lowest BCUT2D eigenvalue weighted by molar-refractivity contribution is 0.0964. The number of nitrogens with one attached hydrogen (secondary N) is 2. The third-order valence-corrected chi connectivity index (χ3v) is 6.72. The molecular weight excluding hydrogens is 464 g/mol. The molecule has 0 saturated heterocycles. The fourth-order valence-electron chi connectivity index (χ4n) is 4.36. The average molecular weight is 486 g/mol. The second-order valence-corrected chi connectivity index (χ2v) is 10.1. The number of sulfonamides is 1. The second-order valence-electron chi connectivity index (χ2n) is 8.52. The summed E-state index contributed by atoms with van der Waals surface area (Å²) in [5, 5.41) is 24.2. The molecular formula is C22H21F2N7O2S. The van der Waals surface area contributed by atoms with Gasteiger partial charge in [-0.1, -0.05) is 6.07 Å². The molecule has 4 N–H and O–H groups in total. The van der Waals surface area contributed by atoms with Crippen LogP contribution >= 0.6 is 0 Å². The van der Waals surface area contributed by atoms with E-state index in [-0.39, 0.29) is 30.8 Å². The van der Waals surface area contributed by atoms with Gasteiger partial charge >= 0.3 is 0 Å². The molecule has 1 fully saturated rings. The topological polar surface area (TPSA) is 140 Å². The van der Waals surface area contributed by atoms with Gasteiger partial charge in [-0.3, -0.25) is 10.1 Å². The number of fused-ring (bicyclic) bond motifs is 1. The Kier molecular flexibility index (Phi) is 5.48. The van der Waals surface area contributed by atoms with E-state index in [4.69, 9.17) is 5.14 Å². The Labute approximate surface area is 193 Å². The normalized spacial score (nSPS) is 20.3. The van der Waals surface area contributed by atoms with Gasteiger partial charge in [-0.05, 0) is 49.2 Å². The van der Waals surface area contributed by atoms with Crippen LogP contribution in [0, 0.1) is 5.82 Å². The number of anilines is 1. The zero-order valence-corrected chi connectivity index (χ0v) is 18.7. The Balaban J connectivity index is 1.34. The van der Waals surface area contributed by atoms with Crippen LogP contribution < -0.4 is 10.5 Å². The van der Waals surface area contributed by atoms with E-state index >= 15 is 0 Å². The molecule has 34 heavy (non-hydrogen) atoms. The molecule has 4 aromatic rings. The molecule has 0 atom stereocenters. The van der Waals surface area contributed by atoms with Gasteiger partial charge in [-0.15, -0.1) is 10.2 Å². The summed E-state index contributed by atoms with van der Waals surface area (Å²) in [4.78, 5) is 4.15. The van der Waals surface area contributed by atoms with Crippen molar-refractivity contribution in [3.05, 3.63) is 65.9 Å². The van der Waals surface area contributed by atoms with Gasteiger partial charge in [-0.2, -0.15) is 5.10 Å². The summed E-state index contributed by atoms with van der Waals surface area (Å²) < 4.78 is 51.0. The maximum absolute atomic E-state index is 14.3. The molecule has 176 valence electrons. The van der Waals surface area contributed by atoms with Crippen molar-refractivity contribution in [3.8, 4) is 11.3 Å². The van der Waals surface area contributed by atoms with E-state index in [1.54, 1.807) is 30.3 Å². The largest absolute Gasteiger partial charge is 0.368 e. The fraction of sp³-hybridized carbons (Fsp3) is 0.273. The van der Waals surface area contributed by atoms with Gasteiger partial charge in [-0.25, -0.2) is 22.3 Å². The number of pyridine rings is 1. The molecule has 3 heterocycles. The number of H-pyrrole nitrogens is 1. The van der Waals surface area contributed by atoms with Crippen molar-refractivity contribution in [2.24, 2.45) is 5.14 Å². The third-order valence-electron chi connectivity index (χ3n) is 6.03. The van der Waals surface area contributed by atoms with Gasteiger partial charge in [0.05, 0.1) is 22.6 Å². The molecule has 12 heteroatoms. The lowest BCUT2D eigenvalue weighted by atomic mass is 9.65. The first-order chi connectivity index (χ1) is 16.2. The molecule has 1 aliphatic carbocycles.